The Morgan fingerprint density at radius 2 is 1.46 bits per heavy atom. The van der Waals surface area contributed by atoms with Gasteiger partial charge in [-0.05, 0) is 63.6 Å². The summed E-state index contributed by atoms with van der Waals surface area (Å²) in [6, 6.07) is 15.2. The Bertz CT molecular complexity index is 735. The van der Waals surface area contributed by atoms with E-state index < -0.39 is 5.41 Å². The fourth-order valence-corrected chi connectivity index (χ4v) is 1.97. The Labute approximate surface area is 155 Å². The molecule has 0 heterocycles. The van der Waals surface area contributed by atoms with Crippen LogP contribution in [0.1, 0.15) is 32.8 Å². The van der Waals surface area contributed by atoms with Crippen LogP contribution >= 0.6 is 0 Å². The van der Waals surface area contributed by atoms with Gasteiger partial charge in [0.15, 0.2) is 0 Å². The maximum absolute atomic E-state index is 11.9. The first-order valence-electron chi connectivity index (χ1n) is 8.79. The summed E-state index contributed by atoms with van der Waals surface area (Å²) < 4.78 is 10.8. The average Bonchev–Trinajstić information content (AvgIpc) is 2.65. The monoisotopic (exact) mass is 354 g/mol. The lowest BCUT2D eigenvalue weighted by Crippen LogP contribution is -2.27. The number of aryl methyl sites for hydroxylation is 1. The minimum atomic E-state index is -0.454. The Morgan fingerprint density at radius 1 is 0.923 bits per heavy atom. The van der Waals surface area contributed by atoms with Crippen LogP contribution in [0.3, 0.4) is 0 Å². The summed E-state index contributed by atoms with van der Waals surface area (Å²) in [6.45, 7) is 8.30. The summed E-state index contributed by atoms with van der Waals surface area (Å²) in [5.41, 5.74) is 2.29. The van der Waals surface area contributed by atoms with Crippen molar-refractivity contribution in [2.75, 3.05) is 13.2 Å². The number of nitrogens with zero attached hydrogens (tertiary/aromatic N) is 2. The van der Waals surface area contributed by atoms with Crippen molar-refractivity contribution in [2.24, 2.45) is 15.6 Å². The first kappa shape index (κ1) is 19.6. The number of hydrogen-bond acceptors (Lipinski definition) is 5. The van der Waals surface area contributed by atoms with Crippen LogP contribution in [0, 0.1) is 12.3 Å². The number of esters is 1. The molecule has 26 heavy (non-hydrogen) atoms. The van der Waals surface area contributed by atoms with Gasteiger partial charge in [-0.1, -0.05) is 24.6 Å². The van der Waals surface area contributed by atoms with Crippen LogP contribution in [-0.4, -0.2) is 19.2 Å². The van der Waals surface area contributed by atoms with E-state index in [-0.39, 0.29) is 12.6 Å². The molecule has 0 radical (unpaired) electrons. The molecule has 0 aliphatic rings. The van der Waals surface area contributed by atoms with Crippen LogP contribution in [0.25, 0.3) is 0 Å². The van der Waals surface area contributed by atoms with Gasteiger partial charge in [-0.3, -0.25) is 4.79 Å². The molecule has 0 bridgehead atoms. The molecule has 2 aromatic carbocycles. The summed E-state index contributed by atoms with van der Waals surface area (Å²) in [5.74, 6) is 0.501. The van der Waals surface area contributed by atoms with E-state index in [2.05, 4.69) is 10.2 Å². The Hall–Kier alpha value is -2.69. The summed E-state index contributed by atoms with van der Waals surface area (Å²) in [5, 5.41) is 8.40. The summed E-state index contributed by atoms with van der Waals surface area (Å²) in [6.07, 6.45) is 0.741. The number of carbonyl (C=O) groups excluding carboxylic acids is 1. The van der Waals surface area contributed by atoms with Crippen molar-refractivity contribution in [3.8, 4) is 5.75 Å². The van der Waals surface area contributed by atoms with Gasteiger partial charge in [0.05, 0.1) is 16.8 Å². The zero-order valence-corrected chi connectivity index (χ0v) is 15.9. The fraction of sp³-hybridized carbons (Fsp3) is 0.381. The molecule has 0 amide bonds. The Kier molecular flexibility index (Phi) is 6.89. The van der Waals surface area contributed by atoms with Crippen molar-refractivity contribution < 1.29 is 14.3 Å². The van der Waals surface area contributed by atoms with E-state index in [1.807, 2.05) is 76.2 Å². The van der Waals surface area contributed by atoms with Gasteiger partial charge in [0, 0.05) is 0 Å². The summed E-state index contributed by atoms with van der Waals surface area (Å²) in [4.78, 5) is 11.9. The predicted molar refractivity (Wildman–Crippen MR) is 102 cm³/mol. The SMILES string of the molecule is CCC(C)(C)C(=O)OCCOc1ccc(N=Nc2ccc(C)cc2)cc1. The predicted octanol–water partition coefficient (Wildman–Crippen LogP) is 5.77. The molecule has 0 atom stereocenters. The molecule has 0 aliphatic carbocycles. The van der Waals surface area contributed by atoms with Crippen LogP contribution in [0.4, 0.5) is 11.4 Å². The van der Waals surface area contributed by atoms with Gasteiger partial charge in [-0.2, -0.15) is 10.2 Å². The van der Waals surface area contributed by atoms with Crippen LogP contribution in [-0.2, 0) is 9.53 Å². The lowest BCUT2D eigenvalue weighted by atomic mass is 9.91. The van der Waals surface area contributed by atoms with Gasteiger partial charge in [0.1, 0.15) is 19.0 Å². The number of ether oxygens (including phenoxy) is 2. The zero-order chi connectivity index (χ0) is 19.0. The lowest BCUT2D eigenvalue weighted by molar-refractivity contribution is -0.154. The number of rotatable bonds is 8. The van der Waals surface area contributed by atoms with Gasteiger partial charge < -0.3 is 9.47 Å². The quantitative estimate of drug-likeness (QED) is 0.343. The maximum Gasteiger partial charge on any atom is 0.311 e. The Balaban J connectivity index is 1.78. The van der Waals surface area contributed by atoms with E-state index >= 15 is 0 Å². The van der Waals surface area contributed by atoms with Crippen LogP contribution in [0.5, 0.6) is 5.75 Å². The number of hydrogen-bond donors (Lipinski definition) is 0. The molecule has 0 aliphatic heterocycles. The van der Waals surface area contributed by atoms with E-state index in [9.17, 15) is 4.79 Å². The minimum Gasteiger partial charge on any atom is -0.490 e. The molecule has 2 aromatic rings. The van der Waals surface area contributed by atoms with Gasteiger partial charge in [0.2, 0.25) is 0 Å². The third-order valence-electron chi connectivity index (χ3n) is 4.17. The lowest BCUT2D eigenvalue weighted by Gasteiger charge is -2.20. The number of azo groups is 1. The van der Waals surface area contributed by atoms with Gasteiger partial charge in [0.25, 0.3) is 0 Å². The molecule has 5 heteroatoms. The molecule has 0 spiro atoms. The van der Waals surface area contributed by atoms with Crippen molar-refractivity contribution in [1.29, 1.82) is 0 Å². The maximum atomic E-state index is 11.9. The third-order valence-corrected chi connectivity index (χ3v) is 4.17. The molecule has 0 N–H and O–H groups in total. The summed E-state index contributed by atoms with van der Waals surface area (Å²) in [7, 11) is 0. The fourth-order valence-electron chi connectivity index (χ4n) is 1.97. The van der Waals surface area contributed by atoms with Crippen molar-refractivity contribution >= 4 is 17.3 Å². The Morgan fingerprint density at radius 3 is 2.00 bits per heavy atom. The van der Waals surface area contributed by atoms with E-state index in [0.29, 0.717) is 12.4 Å². The van der Waals surface area contributed by atoms with Crippen LogP contribution in [0.15, 0.2) is 58.8 Å². The smallest absolute Gasteiger partial charge is 0.311 e. The molecule has 0 unspecified atom stereocenters. The topological polar surface area (TPSA) is 60.2 Å². The van der Waals surface area contributed by atoms with Gasteiger partial charge >= 0.3 is 5.97 Å². The average molecular weight is 354 g/mol. The van der Waals surface area contributed by atoms with Gasteiger partial charge in [-0.25, -0.2) is 0 Å². The normalized spacial score (nSPS) is 11.5. The molecular weight excluding hydrogens is 328 g/mol. The molecule has 0 saturated carbocycles. The highest BCUT2D eigenvalue weighted by molar-refractivity contribution is 5.75. The largest absolute Gasteiger partial charge is 0.490 e. The van der Waals surface area contributed by atoms with Crippen LogP contribution < -0.4 is 4.74 Å². The summed E-state index contributed by atoms with van der Waals surface area (Å²) >= 11 is 0. The highest BCUT2D eigenvalue weighted by atomic mass is 16.6. The molecular formula is C21H26N2O3. The molecule has 0 saturated heterocycles. The van der Waals surface area contributed by atoms with E-state index in [1.54, 1.807) is 0 Å². The molecule has 2 rings (SSSR count). The van der Waals surface area contributed by atoms with Crippen molar-refractivity contribution in [2.45, 2.75) is 34.1 Å². The highest BCUT2D eigenvalue weighted by Crippen LogP contribution is 2.22. The second-order valence-corrected chi connectivity index (χ2v) is 6.75. The van der Waals surface area contributed by atoms with E-state index in [0.717, 1.165) is 17.8 Å². The number of carbonyl (C=O) groups is 1. The third kappa shape index (κ3) is 5.99. The second kappa shape index (κ2) is 9.13. The molecule has 0 fully saturated rings. The van der Waals surface area contributed by atoms with E-state index in [1.165, 1.54) is 5.56 Å². The van der Waals surface area contributed by atoms with Crippen molar-refractivity contribution in [3.05, 3.63) is 54.1 Å². The zero-order valence-electron chi connectivity index (χ0n) is 15.9. The van der Waals surface area contributed by atoms with Gasteiger partial charge in [-0.15, -0.1) is 0 Å². The first-order valence-corrected chi connectivity index (χ1v) is 8.79. The molecule has 5 nitrogen and oxygen atoms in total. The first-order chi connectivity index (χ1) is 12.4. The molecule has 0 aromatic heterocycles. The van der Waals surface area contributed by atoms with Crippen LogP contribution in [0.2, 0.25) is 0 Å². The molecule has 138 valence electrons. The second-order valence-electron chi connectivity index (χ2n) is 6.75. The minimum absolute atomic E-state index is 0.199. The number of benzene rings is 2. The highest BCUT2D eigenvalue weighted by Gasteiger charge is 2.26. The van der Waals surface area contributed by atoms with Crippen molar-refractivity contribution in [3.63, 3.8) is 0 Å². The standard InChI is InChI=1S/C21H26N2O3/c1-5-21(3,4)20(24)26-15-14-25-19-12-10-18(11-13-19)23-22-17-8-6-16(2)7-9-17/h6-13H,5,14-15H2,1-4H3. The van der Waals surface area contributed by atoms with Crippen molar-refractivity contribution in [1.82, 2.24) is 0 Å². The van der Waals surface area contributed by atoms with E-state index in [4.69, 9.17) is 9.47 Å².